The molecule has 0 aliphatic carbocycles. The Balaban J connectivity index is 2.47. The van der Waals surface area contributed by atoms with Crippen molar-refractivity contribution in [2.75, 3.05) is 20.0 Å². The van der Waals surface area contributed by atoms with E-state index in [4.69, 9.17) is 38.4 Å². The topological polar surface area (TPSA) is 83.2 Å². The molecule has 1 heterocycles. The van der Waals surface area contributed by atoms with Crippen LogP contribution in [0.25, 0.3) is 0 Å². The van der Waals surface area contributed by atoms with Crippen molar-refractivity contribution in [1.82, 2.24) is 15.0 Å². The summed E-state index contributed by atoms with van der Waals surface area (Å²) in [5, 5.41) is -0.277. The van der Waals surface area contributed by atoms with Gasteiger partial charge in [-0.2, -0.15) is 9.97 Å². The number of benzene rings is 1. The highest BCUT2D eigenvalue weighted by Gasteiger charge is 2.20. The van der Waals surface area contributed by atoms with Crippen LogP contribution in [0.2, 0.25) is 5.02 Å². The number of methoxy groups -OCH3 is 2. The van der Waals surface area contributed by atoms with E-state index < -0.39 is 5.38 Å². The molecular weight excluding hydrogens is 303 g/mol. The third-order valence-corrected chi connectivity index (χ3v) is 3.32. The standard InChI is InChI=1S/C12H12Cl2N4O2/c1-19-11-16-10(17-12(18-11)20-2)8(14)6-4-3-5-7(13)9(6)15/h3-5,8H,15H2,1-2H3. The van der Waals surface area contributed by atoms with Crippen LogP contribution in [0, 0.1) is 0 Å². The van der Waals surface area contributed by atoms with Gasteiger partial charge in [0.2, 0.25) is 0 Å². The monoisotopic (exact) mass is 314 g/mol. The minimum Gasteiger partial charge on any atom is -0.467 e. The molecule has 0 saturated carbocycles. The zero-order valence-electron chi connectivity index (χ0n) is 10.8. The Morgan fingerprint density at radius 2 is 1.70 bits per heavy atom. The Bertz CT molecular complexity index is 602. The van der Waals surface area contributed by atoms with Gasteiger partial charge in [-0.25, -0.2) is 0 Å². The summed E-state index contributed by atoms with van der Waals surface area (Å²) in [4.78, 5) is 12.1. The smallest absolute Gasteiger partial charge is 0.322 e. The number of rotatable bonds is 4. The van der Waals surface area contributed by atoms with Crippen molar-refractivity contribution in [3.8, 4) is 12.0 Å². The van der Waals surface area contributed by atoms with Crippen LogP contribution in [0.5, 0.6) is 12.0 Å². The second-order valence-corrected chi connectivity index (χ2v) is 4.62. The lowest BCUT2D eigenvalue weighted by atomic mass is 10.1. The molecule has 0 radical (unpaired) electrons. The maximum atomic E-state index is 6.36. The molecule has 0 aliphatic heterocycles. The van der Waals surface area contributed by atoms with Crippen molar-refractivity contribution in [3.05, 3.63) is 34.6 Å². The van der Waals surface area contributed by atoms with E-state index in [1.807, 2.05) is 0 Å². The van der Waals surface area contributed by atoms with Gasteiger partial charge in [0.25, 0.3) is 0 Å². The van der Waals surface area contributed by atoms with Crippen LogP contribution < -0.4 is 15.2 Å². The Kier molecular flexibility index (Phi) is 4.46. The van der Waals surface area contributed by atoms with Crippen LogP contribution in [-0.2, 0) is 0 Å². The van der Waals surface area contributed by atoms with Crippen LogP contribution in [-0.4, -0.2) is 29.2 Å². The normalized spacial score (nSPS) is 12.0. The largest absolute Gasteiger partial charge is 0.467 e. The Labute approximate surface area is 125 Å². The predicted octanol–water partition coefficient (Wildman–Crippen LogP) is 2.45. The zero-order chi connectivity index (χ0) is 14.7. The van der Waals surface area contributed by atoms with Gasteiger partial charge in [0.1, 0.15) is 5.38 Å². The number of hydrogen-bond donors (Lipinski definition) is 1. The van der Waals surface area contributed by atoms with E-state index in [0.29, 0.717) is 16.3 Å². The van der Waals surface area contributed by atoms with Crippen molar-refractivity contribution >= 4 is 28.9 Å². The van der Waals surface area contributed by atoms with Gasteiger partial charge in [0.15, 0.2) is 5.82 Å². The fraction of sp³-hybridized carbons (Fsp3) is 0.250. The van der Waals surface area contributed by atoms with E-state index in [2.05, 4.69) is 15.0 Å². The summed E-state index contributed by atoms with van der Waals surface area (Å²) >= 11 is 12.3. The zero-order valence-corrected chi connectivity index (χ0v) is 12.3. The van der Waals surface area contributed by atoms with Gasteiger partial charge in [-0.05, 0) is 6.07 Å². The van der Waals surface area contributed by atoms with Gasteiger partial charge in [0.05, 0.1) is 24.9 Å². The van der Waals surface area contributed by atoms with Crippen molar-refractivity contribution in [3.63, 3.8) is 0 Å². The van der Waals surface area contributed by atoms with Crippen molar-refractivity contribution in [1.29, 1.82) is 0 Å². The fourth-order valence-corrected chi connectivity index (χ4v) is 2.03. The molecule has 106 valence electrons. The number of ether oxygens (including phenoxy) is 2. The quantitative estimate of drug-likeness (QED) is 0.689. The Morgan fingerprint density at radius 1 is 1.10 bits per heavy atom. The van der Waals surface area contributed by atoms with Gasteiger partial charge in [-0.15, -0.1) is 16.6 Å². The van der Waals surface area contributed by atoms with Crippen molar-refractivity contribution in [2.45, 2.75) is 5.38 Å². The Hall–Kier alpha value is -1.79. The van der Waals surface area contributed by atoms with E-state index in [9.17, 15) is 0 Å². The van der Waals surface area contributed by atoms with E-state index in [1.165, 1.54) is 14.2 Å². The molecule has 1 aromatic heterocycles. The number of nitrogens with two attached hydrogens (primary N) is 1. The second kappa shape index (κ2) is 6.11. The van der Waals surface area contributed by atoms with Gasteiger partial charge in [-0.3, -0.25) is 0 Å². The van der Waals surface area contributed by atoms with E-state index in [-0.39, 0.29) is 17.8 Å². The molecule has 6 nitrogen and oxygen atoms in total. The lowest BCUT2D eigenvalue weighted by Gasteiger charge is -2.13. The lowest BCUT2D eigenvalue weighted by molar-refractivity contribution is 0.336. The first-order valence-corrected chi connectivity index (χ1v) is 6.40. The van der Waals surface area contributed by atoms with Gasteiger partial charge in [-0.1, -0.05) is 23.7 Å². The van der Waals surface area contributed by atoms with Crippen LogP contribution in [0.1, 0.15) is 16.8 Å². The number of alkyl halides is 1. The highest BCUT2D eigenvalue weighted by molar-refractivity contribution is 6.33. The molecule has 2 aromatic rings. The molecule has 2 rings (SSSR count). The average molecular weight is 315 g/mol. The number of anilines is 1. The molecule has 20 heavy (non-hydrogen) atoms. The summed E-state index contributed by atoms with van der Waals surface area (Å²) in [6.45, 7) is 0. The van der Waals surface area contributed by atoms with Gasteiger partial charge >= 0.3 is 12.0 Å². The van der Waals surface area contributed by atoms with Crippen LogP contribution in [0.3, 0.4) is 0 Å². The van der Waals surface area contributed by atoms with E-state index in [1.54, 1.807) is 18.2 Å². The number of hydrogen-bond acceptors (Lipinski definition) is 6. The van der Waals surface area contributed by atoms with E-state index >= 15 is 0 Å². The minimum absolute atomic E-state index is 0.109. The highest BCUT2D eigenvalue weighted by atomic mass is 35.5. The molecule has 1 atom stereocenters. The summed E-state index contributed by atoms with van der Waals surface area (Å²) in [6, 6.07) is 5.40. The first-order chi connectivity index (χ1) is 9.56. The molecule has 0 saturated heterocycles. The summed E-state index contributed by atoms with van der Waals surface area (Å²) in [5.41, 5.74) is 6.90. The third kappa shape index (κ3) is 2.86. The second-order valence-electron chi connectivity index (χ2n) is 3.77. The van der Waals surface area contributed by atoms with Crippen LogP contribution in [0.15, 0.2) is 18.2 Å². The summed E-state index contributed by atoms with van der Waals surface area (Å²) in [6.07, 6.45) is 0. The maximum absolute atomic E-state index is 6.36. The van der Waals surface area contributed by atoms with E-state index in [0.717, 1.165) is 0 Å². The lowest BCUT2D eigenvalue weighted by Crippen LogP contribution is -2.08. The highest BCUT2D eigenvalue weighted by Crippen LogP contribution is 2.34. The molecule has 8 heteroatoms. The number of aromatic nitrogens is 3. The molecule has 2 N–H and O–H groups in total. The fourth-order valence-electron chi connectivity index (χ4n) is 1.56. The van der Waals surface area contributed by atoms with Gasteiger partial charge in [0, 0.05) is 5.56 Å². The summed E-state index contributed by atoms with van der Waals surface area (Å²) in [7, 11) is 2.88. The van der Waals surface area contributed by atoms with Crippen LogP contribution in [0.4, 0.5) is 5.69 Å². The number of para-hydroxylation sites is 1. The third-order valence-electron chi connectivity index (χ3n) is 2.56. The molecule has 0 fully saturated rings. The van der Waals surface area contributed by atoms with Crippen molar-refractivity contribution < 1.29 is 9.47 Å². The SMILES string of the molecule is COc1nc(OC)nc(C(Cl)c2cccc(Cl)c2N)n1. The number of halogens is 2. The predicted molar refractivity (Wildman–Crippen MR) is 76.5 cm³/mol. The molecule has 0 bridgehead atoms. The molecular formula is C12H12Cl2N4O2. The minimum atomic E-state index is -0.695. The first kappa shape index (κ1) is 14.6. The van der Waals surface area contributed by atoms with Gasteiger partial charge < -0.3 is 15.2 Å². The van der Waals surface area contributed by atoms with Crippen LogP contribution >= 0.6 is 23.2 Å². The molecule has 1 unspecified atom stereocenters. The van der Waals surface area contributed by atoms with Crippen molar-refractivity contribution in [2.24, 2.45) is 0 Å². The summed E-state index contributed by atoms with van der Waals surface area (Å²) in [5.74, 6) is 0.268. The maximum Gasteiger partial charge on any atom is 0.322 e. The summed E-state index contributed by atoms with van der Waals surface area (Å²) < 4.78 is 9.96. The Morgan fingerprint density at radius 3 is 2.25 bits per heavy atom. The molecule has 1 aromatic carbocycles. The molecule has 0 aliphatic rings. The first-order valence-electron chi connectivity index (χ1n) is 5.58. The number of nitrogens with zero attached hydrogens (tertiary/aromatic N) is 3. The molecule has 0 amide bonds. The average Bonchev–Trinajstić information content (AvgIpc) is 2.48. The molecule has 0 spiro atoms. The number of nitrogen functional groups attached to an aromatic ring is 1.